The smallest absolute Gasteiger partial charge is 0.203 e. The molecule has 0 radical (unpaired) electrons. The van der Waals surface area contributed by atoms with Gasteiger partial charge in [0.25, 0.3) is 0 Å². The first-order valence-electron chi connectivity index (χ1n) is 11.0. The van der Waals surface area contributed by atoms with E-state index in [2.05, 4.69) is 20.6 Å². The molecular weight excluding hydrogens is 475 g/mol. The molecule has 0 heterocycles. The van der Waals surface area contributed by atoms with Crippen LogP contribution in [0.2, 0.25) is 10.0 Å². The van der Waals surface area contributed by atoms with Crippen LogP contribution in [0, 0.1) is 0 Å². The summed E-state index contributed by atoms with van der Waals surface area (Å²) in [6.45, 7) is 1.44. The fourth-order valence-electron chi connectivity index (χ4n) is 3.15. The number of unbranched alkanes of at least 4 members (excludes halogenated alkanes) is 3. The molecule has 0 bridgehead atoms. The normalized spacial score (nSPS) is 13.4. The molecule has 2 atom stereocenters. The van der Waals surface area contributed by atoms with Crippen molar-refractivity contribution in [3.05, 3.63) is 58.6 Å². The van der Waals surface area contributed by atoms with Crippen molar-refractivity contribution >= 4 is 46.5 Å². The third-order valence-electron chi connectivity index (χ3n) is 4.77. The molecule has 0 saturated carbocycles. The van der Waals surface area contributed by atoms with Gasteiger partial charge in [-0.25, -0.2) is 9.98 Å². The average Bonchev–Trinajstić information content (AvgIpc) is 2.78. The van der Waals surface area contributed by atoms with E-state index >= 15 is 0 Å². The molecular formula is C22H34Cl2N10. The van der Waals surface area contributed by atoms with Crippen molar-refractivity contribution in [3.8, 4) is 0 Å². The highest BCUT2D eigenvalue weighted by Gasteiger charge is 2.15. The van der Waals surface area contributed by atoms with Crippen molar-refractivity contribution in [3.63, 3.8) is 0 Å². The topological polar surface area (TPSA) is 182 Å². The number of aliphatic imine (C=N–C) groups is 2. The van der Waals surface area contributed by atoms with Gasteiger partial charge in [0.2, 0.25) is 5.96 Å². The molecule has 0 aliphatic heterocycles. The molecule has 2 aromatic carbocycles. The van der Waals surface area contributed by atoms with E-state index in [1.807, 2.05) is 24.3 Å². The zero-order chi connectivity index (χ0) is 24.9. The molecule has 34 heavy (non-hydrogen) atoms. The van der Waals surface area contributed by atoms with Crippen LogP contribution in [0.3, 0.4) is 0 Å². The molecule has 0 aliphatic carbocycles. The molecule has 2 rings (SSSR count). The minimum absolute atomic E-state index is 0.0323. The summed E-state index contributed by atoms with van der Waals surface area (Å²) in [6, 6.07) is 14.6. The number of nitrogens with one attached hydrogen (secondary N) is 2. The van der Waals surface area contributed by atoms with E-state index in [4.69, 9.17) is 51.9 Å². The van der Waals surface area contributed by atoms with Crippen LogP contribution in [0.5, 0.6) is 0 Å². The monoisotopic (exact) mass is 508 g/mol. The maximum atomic E-state index is 6.35. The standard InChI is InChI=1S/C22H34Cl2N10/c23-15-5-9-17(10-6-15)34(18-11-7-16(24)8-12-18)22(29)33-21(28)31-14-4-2-1-3-13-30-20(27)32-19(25)26/h5-12,20-21,30-31H,1-4,13-14,27-28H2,(H2,29,33)(H4,25,26,32). The zero-order valence-corrected chi connectivity index (χ0v) is 20.5. The van der Waals surface area contributed by atoms with Crippen LogP contribution in [0.4, 0.5) is 11.4 Å². The molecule has 186 valence electrons. The molecule has 2 aromatic rings. The van der Waals surface area contributed by atoms with E-state index in [1.54, 1.807) is 29.2 Å². The summed E-state index contributed by atoms with van der Waals surface area (Å²) in [5.41, 5.74) is 30.4. The Morgan fingerprint density at radius 2 is 1.12 bits per heavy atom. The van der Waals surface area contributed by atoms with Crippen LogP contribution < -0.4 is 44.2 Å². The number of halogens is 2. The maximum absolute atomic E-state index is 6.35. The number of anilines is 2. The van der Waals surface area contributed by atoms with Crippen LogP contribution in [0.1, 0.15) is 25.7 Å². The van der Waals surface area contributed by atoms with Crippen LogP contribution in [0.25, 0.3) is 0 Å². The number of rotatable bonds is 13. The molecule has 12 heteroatoms. The van der Waals surface area contributed by atoms with Gasteiger partial charge in [-0.05, 0) is 74.5 Å². The maximum Gasteiger partial charge on any atom is 0.203 e. The average molecular weight is 509 g/mol. The van der Waals surface area contributed by atoms with Crippen LogP contribution in [0.15, 0.2) is 58.5 Å². The number of guanidine groups is 2. The molecule has 0 fully saturated rings. The lowest BCUT2D eigenvalue weighted by atomic mass is 10.2. The minimum Gasteiger partial charge on any atom is -0.370 e. The molecule has 0 aromatic heterocycles. The van der Waals surface area contributed by atoms with E-state index < -0.39 is 12.6 Å². The van der Waals surface area contributed by atoms with Gasteiger partial charge in [0.1, 0.15) is 0 Å². The van der Waals surface area contributed by atoms with Crippen molar-refractivity contribution < 1.29 is 0 Å². The van der Waals surface area contributed by atoms with Crippen molar-refractivity contribution in [1.29, 1.82) is 0 Å². The van der Waals surface area contributed by atoms with Gasteiger partial charge in [0.15, 0.2) is 18.5 Å². The van der Waals surface area contributed by atoms with Crippen LogP contribution in [-0.2, 0) is 0 Å². The molecule has 0 saturated heterocycles. The Morgan fingerprint density at radius 1 is 0.706 bits per heavy atom. The van der Waals surface area contributed by atoms with Gasteiger partial charge >= 0.3 is 0 Å². The molecule has 0 spiro atoms. The number of hydrogen-bond acceptors (Lipinski definition) is 6. The summed E-state index contributed by atoms with van der Waals surface area (Å²) in [6.07, 6.45) is 2.74. The lowest BCUT2D eigenvalue weighted by Crippen LogP contribution is -2.42. The number of hydrogen-bond donors (Lipinski definition) is 7. The Bertz CT molecular complexity index is 869. The Balaban J connectivity index is 1.83. The van der Waals surface area contributed by atoms with Gasteiger partial charge in [0.05, 0.1) is 0 Å². The highest BCUT2D eigenvalue weighted by Crippen LogP contribution is 2.27. The Morgan fingerprint density at radius 3 is 1.53 bits per heavy atom. The molecule has 10 nitrogen and oxygen atoms in total. The zero-order valence-electron chi connectivity index (χ0n) is 19.0. The molecule has 0 amide bonds. The first kappa shape index (κ1) is 27.6. The van der Waals surface area contributed by atoms with Crippen molar-refractivity contribution in [2.75, 3.05) is 18.0 Å². The third kappa shape index (κ3) is 10.1. The first-order chi connectivity index (χ1) is 16.3. The number of nitrogens with two attached hydrogens (primary N) is 5. The van der Waals surface area contributed by atoms with Crippen molar-refractivity contribution in [1.82, 2.24) is 10.6 Å². The number of benzene rings is 2. The second kappa shape index (κ2) is 14.6. The SMILES string of the molecule is NC(N)=NC(N)NCCCCCCNC(N)N=C(N)N(c1ccc(Cl)cc1)c1ccc(Cl)cc1. The number of nitrogens with zero attached hydrogens (tertiary/aromatic N) is 3. The predicted molar refractivity (Wildman–Crippen MR) is 143 cm³/mol. The van der Waals surface area contributed by atoms with E-state index in [1.165, 1.54) is 0 Å². The highest BCUT2D eigenvalue weighted by molar-refractivity contribution is 6.31. The molecule has 12 N–H and O–H groups in total. The lowest BCUT2D eigenvalue weighted by molar-refractivity contribution is 0.494. The van der Waals surface area contributed by atoms with E-state index in [0.29, 0.717) is 16.6 Å². The van der Waals surface area contributed by atoms with E-state index in [-0.39, 0.29) is 11.9 Å². The summed E-state index contributed by atoms with van der Waals surface area (Å²) >= 11 is 12.1. The fraction of sp³-hybridized carbons (Fsp3) is 0.364. The quantitative estimate of drug-likeness (QED) is 0.0925. The second-order valence-corrected chi connectivity index (χ2v) is 8.41. The van der Waals surface area contributed by atoms with Gasteiger partial charge in [-0.3, -0.25) is 27.0 Å². The highest BCUT2D eigenvalue weighted by atomic mass is 35.5. The third-order valence-corrected chi connectivity index (χ3v) is 5.27. The fourth-order valence-corrected chi connectivity index (χ4v) is 3.40. The van der Waals surface area contributed by atoms with Gasteiger partial charge < -0.3 is 17.2 Å². The summed E-state index contributed by atoms with van der Waals surface area (Å²) in [4.78, 5) is 10.0. The summed E-state index contributed by atoms with van der Waals surface area (Å²) in [7, 11) is 0. The first-order valence-corrected chi connectivity index (χ1v) is 11.7. The Kier molecular flexibility index (Phi) is 11.9. The van der Waals surface area contributed by atoms with Crippen LogP contribution in [-0.4, -0.2) is 37.6 Å². The lowest BCUT2D eigenvalue weighted by Gasteiger charge is -2.25. The Labute approximate surface area is 210 Å². The summed E-state index contributed by atoms with van der Waals surface area (Å²) < 4.78 is 0. The van der Waals surface area contributed by atoms with Gasteiger partial charge in [-0.1, -0.05) is 36.0 Å². The summed E-state index contributed by atoms with van der Waals surface area (Å²) in [5, 5.41) is 7.46. The van der Waals surface area contributed by atoms with Gasteiger partial charge in [0, 0.05) is 21.4 Å². The molecule has 0 aliphatic rings. The van der Waals surface area contributed by atoms with Crippen molar-refractivity contribution in [2.24, 2.45) is 38.7 Å². The van der Waals surface area contributed by atoms with Gasteiger partial charge in [-0.15, -0.1) is 0 Å². The largest absolute Gasteiger partial charge is 0.370 e. The second-order valence-electron chi connectivity index (χ2n) is 7.54. The van der Waals surface area contributed by atoms with Crippen LogP contribution >= 0.6 is 23.2 Å². The Hall–Kier alpha value is -2.60. The minimum atomic E-state index is -0.652. The predicted octanol–water partition coefficient (Wildman–Crippen LogP) is 1.94. The summed E-state index contributed by atoms with van der Waals surface area (Å²) in [5.74, 6) is 0.211. The van der Waals surface area contributed by atoms with Crippen molar-refractivity contribution in [2.45, 2.75) is 38.3 Å². The van der Waals surface area contributed by atoms with E-state index in [0.717, 1.165) is 43.6 Å². The van der Waals surface area contributed by atoms with E-state index in [9.17, 15) is 0 Å². The molecule has 2 unspecified atom stereocenters. The van der Waals surface area contributed by atoms with Gasteiger partial charge in [-0.2, -0.15) is 0 Å².